The number of carbonyl (C=O) groups excluding carboxylic acids is 1. The molecule has 0 aliphatic carbocycles. The van der Waals surface area contributed by atoms with Gasteiger partial charge in [-0.25, -0.2) is 9.78 Å². The standard InChI is InChI=1S/C10H12N2O2S/c1-10(2,3)14-9(13)12-4-7-8(5-12)15-6-11-7/h4-6H,1-3H3. The number of hydrogen-bond acceptors (Lipinski definition) is 4. The van der Waals surface area contributed by atoms with Gasteiger partial charge in [-0.3, -0.25) is 4.57 Å². The number of aromatic nitrogens is 2. The summed E-state index contributed by atoms with van der Waals surface area (Å²) in [6.07, 6.45) is 3.05. The van der Waals surface area contributed by atoms with Crippen molar-refractivity contribution < 1.29 is 9.53 Å². The van der Waals surface area contributed by atoms with E-state index < -0.39 is 5.60 Å². The van der Waals surface area contributed by atoms with Gasteiger partial charge in [0.25, 0.3) is 0 Å². The maximum Gasteiger partial charge on any atom is 0.418 e. The van der Waals surface area contributed by atoms with Crippen LogP contribution in [-0.4, -0.2) is 21.2 Å². The summed E-state index contributed by atoms with van der Waals surface area (Å²) in [6, 6.07) is 0. The van der Waals surface area contributed by atoms with Crippen LogP contribution in [0.5, 0.6) is 0 Å². The van der Waals surface area contributed by atoms with Crippen LogP contribution in [0.15, 0.2) is 17.9 Å². The number of fused-ring (bicyclic) bond motifs is 1. The normalized spacial score (nSPS) is 11.9. The van der Waals surface area contributed by atoms with Crippen molar-refractivity contribution in [2.24, 2.45) is 0 Å². The van der Waals surface area contributed by atoms with Crippen molar-refractivity contribution in [1.82, 2.24) is 9.55 Å². The Hall–Kier alpha value is -1.36. The van der Waals surface area contributed by atoms with Crippen LogP contribution in [0.2, 0.25) is 0 Å². The fourth-order valence-corrected chi connectivity index (χ4v) is 1.85. The minimum Gasteiger partial charge on any atom is -0.443 e. The number of carbonyl (C=O) groups is 1. The molecule has 0 spiro atoms. The first-order chi connectivity index (χ1) is 6.96. The van der Waals surface area contributed by atoms with Gasteiger partial charge in [0, 0.05) is 12.4 Å². The first kappa shape index (κ1) is 10.2. The highest BCUT2D eigenvalue weighted by Gasteiger charge is 2.18. The van der Waals surface area contributed by atoms with Crippen LogP contribution in [-0.2, 0) is 4.74 Å². The molecule has 2 aromatic rings. The lowest BCUT2D eigenvalue weighted by atomic mass is 10.2. The number of nitrogens with zero attached hydrogens (tertiary/aromatic N) is 2. The van der Waals surface area contributed by atoms with Crippen molar-refractivity contribution in [2.75, 3.05) is 0 Å². The van der Waals surface area contributed by atoms with Crippen LogP contribution in [0.1, 0.15) is 20.8 Å². The van der Waals surface area contributed by atoms with E-state index in [0.717, 1.165) is 10.2 Å². The molecule has 80 valence electrons. The summed E-state index contributed by atoms with van der Waals surface area (Å²) in [7, 11) is 0. The summed E-state index contributed by atoms with van der Waals surface area (Å²) in [5.41, 5.74) is 2.11. The molecule has 2 aromatic heterocycles. The molecule has 0 saturated carbocycles. The third-order valence-electron chi connectivity index (χ3n) is 1.75. The second-order valence-electron chi connectivity index (χ2n) is 4.25. The Morgan fingerprint density at radius 3 is 2.80 bits per heavy atom. The van der Waals surface area contributed by atoms with Gasteiger partial charge in [0.15, 0.2) is 0 Å². The molecular formula is C10H12N2O2S. The zero-order chi connectivity index (χ0) is 11.1. The van der Waals surface area contributed by atoms with Crippen molar-refractivity contribution in [3.63, 3.8) is 0 Å². The van der Waals surface area contributed by atoms with E-state index in [0.29, 0.717) is 0 Å². The molecule has 15 heavy (non-hydrogen) atoms. The topological polar surface area (TPSA) is 44.1 Å². The van der Waals surface area contributed by atoms with Crippen LogP contribution in [0.4, 0.5) is 4.79 Å². The van der Waals surface area contributed by atoms with E-state index in [9.17, 15) is 4.79 Å². The molecule has 0 aliphatic heterocycles. The predicted molar refractivity (Wildman–Crippen MR) is 59.2 cm³/mol. The van der Waals surface area contributed by atoms with Crippen molar-refractivity contribution in [2.45, 2.75) is 26.4 Å². The molecule has 4 nitrogen and oxygen atoms in total. The third-order valence-corrected chi connectivity index (χ3v) is 2.53. The molecule has 0 bridgehead atoms. The number of ether oxygens (including phenoxy) is 1. The van der Waals surface area contributed by atoms with Gasteiger partial charge < -0.3 is 4.74 Å². The quantitative estimate of drug-likeness (QED) is 0.691. The first-order valence-corrected chi connectivity index (χ1v) is 5.48. The fourth-order valence-electron chi connectivity index (χ4n) is 1.17. The minimum atomic E-state index is -0.470. The lowest BCUT2D eigenvalue weighted by Gasteiger charge is -2.19. The molecule has 5 heteroatoms. The highest BCUT2D eigenvalue weighted by Crippen LogP contribution is 2.19. The summed E-state index contributed by atoms with van der Waals surface area (Å²) < 4.78 is 7.64. The molecule has 0 unspecified atom stereocenters. The van der Waals surface area contributed by atoms with Gasteiger partial charge >= 0.3 is 6.09 Å². The van der Waals surface area contributed by atoms with Gasteiger partial charge in [0.1, 0.15) is 5.60 Å². The number of thiazole rings is 1. The van der Waals surface area contributed by atoms with Gasteiger partial charge in [-0.1, -0.05) is 0 Å². The molecule has 0 radical (unpaired) electrons. The Balaban J connectivity index is 2.24. The number of rotatable bonds is 0. The summed E-state index contributed by atoms with van der Waals surface area (Å²) in [4.78, 5) is 15.8. The maximum atomic E-state index is 11.6. The highest BCUT2D eigenvalue weighted by atomic mass is 32.1. The lowest BCUT2D eigenvalue weighted by Crippen LogP contribution is -2.26. The van der Waals surface area contributed by atoms with E-state index >= 15 is 0 Å². The maximum absolute atomic E-state index is 11.6. The molecule has 0 aromatic carbocycles. The molecule has 0 atom stereocenters. The van der Waals surface area contributed by atoms with Gasteiger partial charge in [-0.2, -0.15) is 0 Å². The summed E-state index contributed by atoms with van der Waals surface area (Å²) in [5.74, 6) is 0. The fraction of sp³-hybridized carbons (Fsp3) is 0.400. The number of hydrogen-bond donors (Lipinski definition) is 0. The Bertz CT molecular complexity index is 464. The van der Waals surface area contributed by atoms with Gasteiger partial charge in [-0.15, -0.1) is 11.3 Å². The summed E-state index contributed by atoms with van der Waals surface area (Å²) in [6.45, 7) is 5.53. The van der Waals surface area contributed by atoms with Crippen LogP contribution < -0.4 is 0 Å². The molecule has 0 fully saturated rings. The van der Waals surface area contributed by atoms with Crippen LogP contribution in [0.25, 0.3) is 10.2 Å². The second-order valence-corrected chi connectivity index (χ2v) is 5.13. The van der Waals surface area contributed by atoms with Crippen LogP contribution in [0.3, 0.4) is 0 Å². The highest BCUT2D eigenvalue weighted by molar-refractivity contribution is 7.16. The van der Waals surface area contributed by atoms with Gasteiger partial charge in [0.2, 0.25) is 0 Å². The average molecular weight is 224 g/mol. The lowest BCUT2D eigenvalue weighted by molar-refractivity contribution is 0.0538. The van der Waals surface area contributed by atoms with E-state index in [1.807, 2.05) is 20.8 Å². The molecule has 0 amide bonds. The SMILES string of the molecule is CC(C)(C)OC(=O)n1cc2ncsc2c1. The molecule has 0 N–H and O–H groups in total. The summed E-state index contributed by atoms with van der Waals surface area (Å²) in [5, 5.41) is 0. The molecular weight excluding hydrogens is 212 g/mol. The van der Waals surface area contributed by atoms with Gasteiger partial charge in [-0.05, 0) is 20.8 Å². The van der Waals surface area contributed by atoms with Crippen molar-refractivity contribution in [1.29, 1.82) is 0 Å². The van der Waals surface area contributed by atoms with Crippen molar-refractivity contribution in [3.8, 4) is 0 Å². The largest absolute Gasteiger partial charge is 0.443 e. The Kier molecular flexibility index (Phi) is 2.26. The van der Waals surface area contributed by atoms with E-state index in [4.69, 9.17) is 4.74 Å². The van der Waals surface area contributed by atoms with Crippen molar-refractivity contribution in [3.05, 3.63) is 17.9 Å². The van der Waals surface area contributed by atoms with Gasteiger partial charge in [0.05, 0.1) is 15.7 Å². The Morgan fingerprint density at radius 2 is 2.20 bits per heavy atom. The van der Waals surface area contributed by atoms with Crippen LogP contribution >= 0.6 is 11.3 Å². The Morgan fingerprint density at radius 1 is 1.47 bits per heavy atom. The minimum absolute atomic E-state index is 0.368. The van der Waals surface area contributed by atoms with E-state index in [1.54, 1.807) is 17.9 Å². The smallest absolute Gasteiger partial charge is 0.418 e. The zero-order valence-corrected chi connectivity index (χ0v) is 9.67. The monoisotopic (exact) mass is 224 g/mol. The van der Waals surface area contributed by atoms with E-state index in [-0.39, 0.29) is 6.09 Å². The van der Waals surface area contributed by atoms with Crippen molar-refractivity contribution >= 4 is 27.6 Å². The second kappa shape index (κ2) is 3.34. The molecule has 2 rings (SSSR count). The van der Waals surface area contributed by atoms with E-state index in [1.165, 1.54) is 15.9 Å². The molecule has 0 saturated heterocycles. The average Bonchev–Trinajstić information content (AvgIpc) is 2.56. The molecule has 2 heterocycles. The zero-order valence-electron chi connectivity index (χ0n) is 8.85. The third kappa shape index (κ3) is 2.18. The summed E-state index contributed by atoms with van der Waals surface area (Å²) >= 11 is 1.50. The first-order valence-electron chi connectivity index (χ1n) is 4.60. The Labute approximate surface area is 91.5 Å². The van der Waals surface area contributed by atoms with E-state index in [2.05, 4.69) is 4.98 Å². The predicted octanol–water partition coefficient (Wildman–Crippen LogP) is 2.88. The van der Waals surface area contributed by atoms with Crippen LogP contribution in [0, 0.1) is 0 Å². The molecule has 0 aliphatic rings.